The maximum Gasteiger partial charge on any atom is 0.238 e. The van der Waals surface area contributed by atoms with Gasteiger partial charge in [0.05, 0.1) is 22.3 Å². The number of thiophene rings is 1. The van der Waals surface area contributed by atoms with Crippen molar-refractivity contribution in [2.45, 2.75) is 13.5 Å². The van der Waals surface area contributed by atoms with E-state index in [4.69, 9.17) is 23.2 Å². The molecule has 2 rings (SSSR count). The second-order valence-electron chi connectivity index (χ2n) is 4.53. The molecule has 0 aliphatic heterocycles. The first-order chi connectivity index (χ1) is 10.1. The molecular formula is C15H16Cl2N2OS. The molecular weight excluding hydrogens is 327 g/mol. The highest BCUT2D eigenvalue weighted by Gasteiger charge is 2.12. The summed E-state index contributed by atoms with van der Waals surface area (Å²) in [5, 5.41) is 5.64. The van der Waals surface area contributed by atoms with Crippen LogP contribution in [-0.4, -0.2) is 23.9 Å². The minimum Gasteiger partial charge on any atom is -0.324 e. The summed E-state index contributed by atoms with van der Waals surface area (Å²) in [4.78, 5) is 15.4. The van der Waals surface area contributed by atoms with Crippen LogP contribution in [0.4, 0.5) is 5.69 Å². The van der Waals surface area contributed by atoms with Crippen LogP contribution in [-0.2, 0) is 11.3 Å². The maximum atomic E-state index is 12.1. The first kappa shape index (κ1) is 16.3. The van der Waals surface area contributed by atoms with Gasteiger partial charge in [0, 0.05) is 11.4 Å². The summed E-state index contributed by atoms with van der Waals surface area (Å²) in [5.74, 6) is -0.0995. The van der Waals surface area contributed by atoms with Crippen LogP contribution >= 0.6 is 34.5 Å². The van der Waals surface area contributed by atoms with Gasteiger partial charge in [-0.3, -0.25) is 9.69 Å². The average molecular weight is 343 g/mol. The Labute approximate surface area is 138 Å². The standard InChI is InChI=1S/C15H16Cl2N2OS/c1-2-19(9-11-5-4-8-21-11)10-14(20)18-13-7-3-6-12(16)15(13)17/h3-8H,2,9-10H2,1H3,(H,18,20). The van der Waals surface area contributed by atoms with Crippen LogP contribution in [0.25, 0.3) is 0 Å². The minimum atomic E-state index is -0.0995. The van der Waals surface area contributed by atoms with Crippen LogP contribution in [0, 0.1) is 0 Å². The van der Waals surface area contributed by atoms with Crippen molar-refractivity contribution in [3.63, 3.8) is 0 Å². The monoisotopic (exact) mass is 342 g/mol. The number of carbonyl (C=O) groups excluding carboxylic acids is 1. The number of hydrogen-bond donors (Lipinski definition) is 1. The zero-order chi connectivity index (χ0) is 15.2. The summed E-state index contributed by atoms with van der Waals surface area (Å²) in [6.45, 7) is 3.92. The average Bonchev–Trinajstić information content (AvgIpc) is 2.96. The van der Waals surface area contributed by atoms with Crippen LogP contribution < -0.4 is 5.32 Å². The van der Waals surface area contributed by atoms with Crippen molar-refractivity contribution in [1.82, 2.24) is 4.90 Å². The Balaban J connectivity index is 1.95. The Morgan fingerprint density at radius 1 is 1.29 bits per heavy atom. The third kappa shape index (κ3) is 4.71. The fourth-order valence-electron chi connectivity index (χ4n) is 1.90. The van der Waals surface area contributed by atoms with E-state index in [-0.39, 0.29) is 5.91 Å². The number of likely N-dealkylation sites (N-methyl/N-ethyl adjacent to an activating group) is 1. The van der Waals surface area contributed by atoms with E-state index in [1.54, 1.807) is 29.5 Å². The molecule has 0 saturated carbocycles. The van der Waals surface area contributed by atoms with Gasteiger partial charge in [-0.1, -0.05) is 42.3 Å². The summed E-state index contributed by atoms with van der Waals surface area (Å²) in [7, 11) is 0. The Morgan fingerprint density at radius 3 is 2.76 bits per heavy atom. The molecule has 6 heteroatoms. The van der Waals surface area contributed by atoms with Crippen LogP contribution in [0.3, 0.4) is 0 Å². The van der Waals surface area contributed by atoms with Crippen molar-refractivity contribution in [2.75, 3.05) is 18.4 Å². The lowest BCUT2D eigenvalue weighted by atomic mass is 10.3. The lowest BCUT2D eigenvalue weighted by Crippen LogP contribution is -2.32. The molecule has 1 aromatic carbocycles. The molecule has 0 radical (unpaired) electrons. The van der Waals surface area contributed by atoms with Crippen LogP contribution in [0.2, 0.25) is 10.0 Å². The predicted molar refractivity (Wildman–Crippen MR) is 90.4 cm³/mol. The topological polar surface area (TPSA) is 32.3 Å². The molecule has 1 amide bonds. The first-order valence-corrected chi connectivity index (χ1v) is 8.22. The molecule has 0 fully saturated rings. The highest BCUT2D eigenvalue weighted by molar-refractivity contribution is 7.09. The van der Waals surface area contributed by atoms with Gasteiger partial charge in [0.15, 0.2) is 0 Å². The zero-order valence-corrected chi connectivity index (χ0v) is 13.9. The summed E-state index contributed by atoms with van der Waals surface area (Å²) in [6.07, 6.45) is 0. The van der Waals surface area contributed by atoms with Gasteiger partial charge in [0.1, 0.15) is 0 Å². The third-order valence-corrected chi connectivity index (χ3v) is 4.68. The molecule has 3 nitrogen and oxygen atoms in total. The fourth-order valence-corrected chi connectivity index (χ4v) is 2.99. The predicted octanol–water partition coefficient (Wildman–Crippen LogP) is 4.52. The highest BCUT2D eigenvalue weighted by atomic mass is 35.5. The Bertz CT molecular complexity index is 602. The summed E-state index contributed by atoms with van der Waals surface area (Å²) >= 11 is 13.7. The number of carbonyl (C=O) groups is 1. The van der Waals surface area contributed by atoms with Gasteiger partial charge >= 0.3 is 0 Å². The second kappa shape index (κ2) is 7.80. The lowest BCUT2D eigenvalue weighted by Gasteiger charge is -2.19. The molecule has 1 heterocycles. The summed E-state index contributed by atoms with van der Waals surface area (Å²) in [5.41, 5.74) is 0.543. The van der Waals surface area contributed by atoms with Gasteiger partial charge in [-0.15, -0.1) is 11.3 Å². The Kier molecular flexibility index (Phi) is 6.06. The van der Waals surface area contributed by atoms with Gasteiger partial charge in [0.25, 0.3) is 0 Å². The van der Waals surface area contributed by atoms with Gasteiger partial charge in [-0.05, 0) is 30.1 Å². The Morgan fingerprint density at radius 2 is 2.10 bits per heavy atom. The van der Waals surface area contributed by atoms with Crippen LogP contribution in [0.5, 0.6) is 0 Å². The lowest BCUT2D eigenvalue weighted by molar-refractivity contribution is -0.117. The van der Waals surface area contributed by atoms with Gasteiger partial charge in [-0.2, -0.15) is 0 Å². The SMILES string of the molecule is CCN(CC(=O)Nc1cccc(Cl)c1Cl)Cc1cccs1. The molecule has 0 saturated heterocycles. The number of halogens is 2. The van der Waals surface area contributed by atoms with Crippen LogP contribution in [0.1, 0.15) is 11.8 Å². The Hall–Kier alpha value is -1.07. The second-order valence-corrected chi connectivity index (χ2v) is 6.35. The molecule has 0 unspecified atom stereocenters. The fraction of sp³-hybridized carbons (Fsp3) is 0.267. The molecule has 2 aromatic rings. The van der Waals surface area contributed by atoms with E-state index in [9.17, 15) is 4.79 Å². The number of nitrogens with one attached hydrogen (secondary N) is 1. The minimum absolute atomic E-state index is 0.0995. The van der Waals surface area contributed by atoms with E-state index in [0.717, 1.165) is 13.1 Å². The number of nitrogens with zero attached hydrogens (tertiary/aromatic N) is 1. The van der Waals surface area contributed by atoms with Gasteiger partial charge in [-0.25, -0.2) is 0 Å². The smallest absolute Gasteiger partial charge is 0.238 e. The van der Waals surface area contributed by atoms with Crippen molar-refractivity contribution in [2.24, 2.45) is 0 Å². The van der Waals surface area contributed by atoms with Gasteiger partial charge in [0.2, 0.25) is 5.91 Å². The summed E-state index contributed by atoms with van der Waals surface area (Å²) < 4.78 is 0. The number of benzene rings is 1. The molecule has 0 spiro atoms. The number of rotatable bonds is 6. The van der Waals surface area contributed by atoms with Crippen molar-refractivity contribution in [1.29, 1.82) is 0 Å². The molecule has 0 atom stereocenters. The number of hydrogen-bond acceptors (Lipinski definition) is 3. The van der Waals surface area contributed by atoms with Crippen LogP contribution in [0.15, 0.2) is 35.7 Å². The van der Waals surface area contributed by atoms with Crippen molar-refractivity contribution >= 4 is 46.1 Å². The third-order valence-electron chi connectivity index (χ3n) is 3.00. The van der Waals surface area contributed by atoms with Crippen molar-refractivity contribution < 1.29 is 4.79 Å². The molecule has 21 heavy (non-hydrogen) atoms. The number of amides is 1. The molecule has 112 valence electrons. The maximum absolute atomic E-state index is 12.1. The molecule has 1 N–H and O–H groups in total. The molecule has 0 bridgehead atoms. The van der Waals surface area contributed by atoms with Crippen molar-refractivity contribution in [3.8, 4) is 0 Å². The van der Waals surface area contributed by atoms with Gasteiger partial charge < -0.3 is 5.32 Å². The van der Waals surface area contributed by atoms with E-state index >= 15 is 0 Å². The van der Waals surface area contributed by atoms with E-state index in [1.165, 1.54) is 4.88 Å². The van der Waals surface area contributed by atoms with Crippen molar-refractivity contribution in [3.05, 3.63) is 50.6 Å². The van der Waals surface area contributed by atoms with E-state index in [2.05, 4.69) is 16.3 Å². The first-order valence-electron chi connectivity index (χ1n) is 6.58. The van der Waals surface area contributed by atoms with E-state index in [1.807, 2.05) is 18.4 Å². The summed E-state index contributed by atoms with van der Waals surface area (Å²) in [6, 6.07) is 9.27. The normalized spacial score (nSPS) is 10.9. The van der Waals surface area contributed by atoms with E-state index < -0.39 is 0 Å². The zero-order valence-electron chi connectivity index (χ0n) is 11.6. The van der Waals surface area contributed by atoms with E-state index in [0.29, 0.717) is 22.3 Å². The number of anilines is 1. The molecule has 0 aliphatic carbocycles. The quantitative estimate of drug-likeness (QED) is 0.837. The largest absolute Gasteiger partial charge is 0.324 e. The molecule has 0 aliphatic rings. The highest BCUT2D eigenvalue weighted by Crippen LogP contribution is 2.29. The molecule has 1 aromatic heterocycles.